The lowest BCUT2D eigenvalue weighted by Gasteiger charge is -2.34. The van der Waals surface area contributed by atoms with E-state index < -0.39 is 17.2 Å². The van der Waals surface area contributed by atoms with Gasteiger partial charge in [-0.3, -0.25) is 9.59 Å². The van der Waals surface area contributed by atoms with E-state index in [1.165, 1.54) is 5.56 Å². The van der Waals surface area contributed by atoms with Crippen molar-refractivity contribution in [3.8, 4) is 12.1 Å². The first-order chi connectivity index (χ1) is 13.2. The SMILES string of the molecule is CCc1ccc([C@H](C)NC(=O)CSC2=C(C#N)C(C)(C)[C@H](C#N)C(=O)N2)cc1. The Morgan fingerprint density at radius 2 is 1.96 bits per heavy atom. The quantitative estimate of drug-likeness (QED) is 0.768. The van der Waals surface area contributed by atoms with E-state index in [-0.39, 0.29) is 17.7 Å². The fourth-order valence-corrected chi connectivity index (χ4v) is 4.07. The molecule has 2 N–H and O–H groups in total. The largest absolute Gasteiger partial charge is 0.349 e. The fourth-order valence-electron chi connectivity index (χ4n) is 3.08. The third-order valence-electron chi connectivity index (χ3n) is 4.95. The van der Waals surface area contributed by atoms with Gasteiger partial charge in [0.2, 0.25) is 11.8 Å². The van der Waals surface area contributed by atoms with Crippen LogP contribution in [0, 0.1) is 34.0 Å². The molecule has 0 fully saturated rings. The Hall–Kier alpha value is -2.77. The number of aryl methyl sites for hydroxylation is 1. The van der Waals surface area contributed by atoms with E-state index in [1.54, 1.807) is 13.8 Å². The van der Waals surface area contributed by atoms with Crippen LogP contribution in [0.25, 0.3) is 0 Å². The van der Waals surface area contributed by atoms with Crippen molar-refractivity contribution < 1.29 is 9.59 Å². The summed E-state index contributed by atoms with van der Waals surface area (Å²) in [5.41, 5.74) is 1.66. The van der Waals surface area contributed by atoms with Crippen molar-refractivity contribution in [1.82, 2.24) is 10.6 Å². The van der Waals surface area contributed by atoms with Crippen molar-refractivity contribution >= 4 is 23.6 Å². The molecule has 1 heterocycles. The van der Waals surface area contributed by atoms with Gasteiger partial charge in [0.05, 0.1) is 34.5 Å². The number of hydrogen-bond donors (Lipinski definition) is 2. The molecule has 1 aromatic rings. The molecule has 0 radical (unpaired) electrons. The van der Waals surface area contributed by atoms with Crippen LogP contribution in [0.4, 0.5) is 0 Å². The van der Waals surface area contributed by atoms with E-state index in [4.69, 9.17) is 0 Å². The van der Waals surface area contributed by atoms with Crippen molar-refractivity contribution in [3.63, 3.8) is 0 Å². The number of carbonyl (C=O) groups excluding carboxylic acids is 2. The normalized spacial score (nSPS) is 19.2. The molecule has 28 heavy (non-hydrogen) atoms. The fraction of sp³-hybridized carbons (Fsp3) is 0.429. The summed E-state index contributed by atoms with van der Waals surface area (Å²) in [5, 5.41) is 24.6. The Kier molecular flexibility index (Phi) is 6.88. The van der Waals surface area contributed by atoms with E-state index in [0.717, 1.165) is 23.7 Å². The summed E-state index contributed by atoms with van der Waals surface area (Å²) >= 11 is 1.10. The van der Waals surface area contributed by atoms with Gasteiger partial charge in [0.25, 0.3) is 0 Å². The number of carbonyl (C=O) groups is 2. The number of hydrogen-bond acceptors (Lipinski definition) is 5. The van der Waals surface area contributed by atoms with Crippen LogP contribution in [0.2, 0.25) is 0 Å². The number of nitrogens with zero attached hydrogens (tertiary/aromatic N) is 2. The number of thioether (sulfide) groups is 1. The van der Waals surface area contributed by atoms with Gasteiger partial charge in [-0.2, -0.15) is 10.5 Å². The minimum atomic E-state index is -0.938. The number of nitriles is 2. The lowest BCUT2D eigenvalue weighted by atomic mass is 9.72. The van der Waals surface area contributed by atoms with Gasteiger partial charge in [-0.1, -0.05) is 56.8 Å². The summed E-state index contributed by atoms with van der Waals surface area (Å²) in [7, 11) is 0. The Morgan fingerprint density at radius 3 is 2.50 bits per heavy atom. The summed E-state index contributed by atoms with van der Waals surface area (Å²) in [6.07, 6.45) is 0.961. The molecule has 0 saturated heterocycles. The number of nitrogens with one attached hydrogen (secondary N) is 2. The molecule has 2 rings (SSSR count). The highest BCUT2D eigenvalue weighted by atomic mass is 32.2. The molecule has 0 unspecified atom stereocenters. The van der Waals surface area contributed by atoms with Crippen LogP contribution in [0.3, 0.4) is 0 Å². The molecule has 1 aliphatic rings. The third-order valence-corrected chi connectivity index (χ3v) is 5.95. The molecule has 6 nitrogen and oxygen atoms in total. The van der Waals surface area contributed by atoms with Gasteiger partial charge in [-0.15, -0.1) is 0 Å². The Bertz CT molecular complexity index is 875. The van der Waals surface area contributed by atoms with Crippen molar-refractivity contribution in [2.24, 2.45) is 11.3 Å². The van der Waals surface area contributed by atoms with Gasteiger partial charge < -0.3 is 10.6 Å². The minimum Gasteiger partial charge on any atom is -0.349 e. The summed E-state index contributed by atoms with van der Waals surface area (Å²) in [6, 6.07) is 12.0. The monoisotopic (exact) mass is 396 g/mol. The number of amides is 2. The number of rotatable bonds is 6. The van der Waals surface area contributed by atoms with Crippen LogP contribution in [0.15, 0.2) is 34.9 Å². The van der Waals surface area contributed by atoms with Crippen LogP contribution in [0.1, 0.15) is 44.9 Å². The standard InChI is InChI=1S/C21H24N4O2S/c1-5-14-6-8-15(9-7-14)13(2)24-18(26)12-28-20-17(11-23)21(3,4)16(10-22)19(27)25-20/h6-9,13,16H,5,12H2,1-4H3,(H,24,26)(H,25,27)/t13-,16+/m0/s1. The molecule has 2 atom stereocenters. The van der Waals surface area contributed by atoms with Gasteiger partial charge >= 0.3 is 0 Å². The van der Waals surface area contributed by atoms with Gasteiger partial charge in [0.15, 0.2) is 0 Å². The molecule has 0 saturated carbocycles. The molecule has 1 aliphatic heterocycles. The molecular formula is C21H24N4O2S. The first kappa shape index (κ1) is 21.5. The van der Waals surface area contributed by atoms with Crippen LogP contribution < -0.4 is 10.6 Å². The first-order valence-corrected chi connectivity index (χ1v) is 10.1. The predicted octanol–water partition coefficient (Wildman–Crippen LogP) is 3.19. The van der Waals surface area contributed by atoms with Crippen molar-refractivity contribution in [2.45, 2.75) is 40.2 Å². The first-order valence-electron chi connectivity index (χ1n) is 9.10. The average Bonchev–Trinajstić information content (AvgIpc) is 2.66. The van der Waals surface area contributed by atoms with Crippen LogP contribution in [-0.2, 0) is 16.0 Å². The summed E-state index contributed by atoms with van der Waals surface area (Å²) < 4.78 is 0. The highest BCUT2D eigenvalue weighted by Crippen LogP contribution is 2.41. The maximum atomic E-state index is 12.3. The molecule has 0 aliphatic carbocycles. The third kappa shape index (κ3) is 4.55. The molecule has 0 aromatic heterocycles. The molecule has 7 heteroatoms. The maximum Gasteiger partial charge on any atom is 0.243 e. The molecule has 0 bridgehead atoms. The zero-order valence-corrected chi connectivity index (χ0v) is 17.3. The van der Waals surface area contributed by atoms with Gasteiger partial charge in [0.1, 0.15) is 5.92 Å². The van der Waals surface area contributed by atoms with Crippen LogP contribution >= 0.6 is 11.8 Å². The lowest BCUT2D eigenvalue weighted by molar-refractivity contribution is -0.125. The Morgan fingerprint density at radius 1 is 1.32 bits per heavy atom. The lowest BCUT2D eigenvalue weighted by Crippen LogP contribution is -2.44. The van der Waals surface area contributed by atoms with E-state index in [9.17, 15) is 20.1 Å². The second-order valence-corrected chi connectivity index (χ2v) is 8.25. The average molecular weight is 397 g/mol. The molecule has 2 amide bonds. The Balaban J connectivity index is 2.04. The smallest absolute Gasteiger partial charge is 0.243 e. The van der Waals surface area contributed by atoms with Crippen molar-refractivity contribution in [3.05, 3.63) is 46.0 Å². The zero-order chi connectivity index (χ0) is 20.9. The van der Waals surface area contributed by atoms with Gasteiger partial charge in [-0.25, -0.2) is 0 Å². The number of benzene rings is 1. The molecule has 0 spiro atoms. The van der Waals surface area contributed by atoms with Crippen molar-refractivity contribution in [2.75, 3.05) is 5.75 Å². The second-order valence-electron chi connectivity index (χ2n) is 7.26. The van der Waals surface area contributed by atoms with E-state index in [1.807, 2.05) is 37.3 Å². The van der Waals surface area contributed by atoms with Crippen LogP contribution in [-0.4, -0.2) is 17.6 Å². The second kappa shape index (κ2) is 8.95. The van der Waals surface area contributed by atoms with Crippen molar-refractivity contribution in [1.29, 1.82) is 10.5 Å². The predicted molar refractivity (Wildman–Crippen MR) is 109 cm³/mol. The van der Waals surface area contributed by atoms with E-state index in [0.29, 0.717) is 10.6 Å². The minimum absolute atomic E-state index is 0.0610. The molecule has 1 aromatic carbocycles. The summed E-state index contributed by atoms with van der Waals surface area (Å²) in [6.45, 7) is 7.39. The van der Waals surface area contributed by atoms with E-state index in [2.05, 4.69) is 23.6 Å². The molecule has 146 valence electrons. The number of allylic oxidation sites excluding steroid dienone is 1. The topological polar surface area (TPSA) is 106 Å². The summed E-state index contributed by atoms with van der Waals surface area (Å²) in [4.78, 5) is 24.5. The van der Waals surface area contributed by atoms with Gasteiger partial charge in [-0.05, 0) is 24.5 Å². The highest BCUT2D eigenvalue weighted by molar-refractivity contribution is 8.03. The summed E-state index contributed by atoms with van der Waals surface area (Å²) in [5.74, 6) is -1.52. The van der Waals surface area contributed by atoms with E-state index >= 15 is 0 Å². The highest BCUT2D eigenvalue weighted by Gasteiger charge is 2.44. The Labute approximate surface area is 170 Å². The van der Waals surface area contributed by atoms with Gasteiger partial charge in [0, 0.05) is 5.41 Å². The zero-order valence-electron chi connectivity index (χ0n) is 16.5. The molecular weight excluding hydrogens is 372 g/mol. The van der Waals surface area contributed by atoms with Crippen LogP contribution in [0.5, 0.6) is 0 Å². The maximum absolute atomic E-state index is 12.3.